The van der Waals surface area contributed by atoms with Gasteiger partial charge in [-0.25, -0.2) is 0 Å². The Bertz CT molecular complexity index is 964. The number of hydrogen-bond donors (Lipinski definition) is 1. The topological polar surface area (TPSA) is 77.2 Å². The Labute approximate surface area is 209 Å². The molecular weight excluding hydrogens is 450 g/mol. The van der Waals surface area contributed by atoms with Crippen molar-refractivity contribution >= 4 is 18.2 Å². The number of nitrogens with zero attached hydrogens (tertiary/aromatic N) is 3. The summed E-state index contributed by atoms with van der Waals surface area (Å²) in [4.78, 5) is 13.0. The fraction of sp³-hybridized carbons (Fsp3) is 0.667. The smallest absolute Gasteiger partial charge is 0.137 e. The first-order valence-corrected chi connectivity index (χ1v) is 12.6. The molecule has 0 amide bonds. The van der Waals surface area contributed by atoms with Gasteiger partial charge in [0.1, 0.15) is 23.2 Å². The monoisotopic (exact) mass is 489 g/mol. The maximum absolute atomic E-state index is 13.0. The minimum atomic E-state index is -0.0942. The number of Topliss-reactive ketones (excluding diaryl/α,β-unsaturated/α-hetero) is 1. The van der Waals surface area contributed by atoms with Gasteiger partial charge in [0.2, 0.25) is 0 Å². The highest BCUT2D eigenvalue weighted by atomic mass is 35.5. The predicted molar refractivity (Wildman–Crippen MR) is 136 cm³/mol. The Balaban J connectivity index is 0.00000324. The summed E-state index contributed by atoms with van der Waals surface area (Å²) in [5.74, 6) is 4.91. The van der Waals surface area contributed by atoms with E-state index >= 15 is 0 Å². The van der Waals surface area contributed by atoms with Gasteiger partial charge in [-0.3, -0.25) is 4.79 Å². The molecule has 1 N–H and O–H groups in total. The molecule has 2 saturated carbocycles. The van der Waals surface area contributed by atoms with E-state index in [1.54, 1.807) is 7.11 Å². The average Bonchev–Trinajstić information content (AvgIpc) is 3.50. The van der Waals surface area contributed by atoms with Crippen LogP contribution in [0, 0.1) is 18.8 Å². The molecule has 6 nitrogen and oxygen atoms in total. The molecule has 34 heavy (non-hydrogen) atoms. The third kappa shape index (κ3) is 6.19. The zero-order valence-corrected chi connectivity index (χ0v) is 21.8. The SMILES string of the molecule is COc1cc(CC(=O)C[C@H](CCO)c2nnc(C3CC(CC(C)C)C3)n2C2CC2)ccc1C.Cl. The van der Waals surface area contributed by atoms with Gasteiger partial charge in [0.15, 0.2) is 0 Å². The molecule has 1 heterocycles. The summed E-state index contributed by atoms with van der Waals surface area (Å²) in [5, 5.41) is 19.0. The van der Waals surface area contributed by atoms with Crippen molar-refractivity contribution in [2.24, 2.45) is 11.8 Å². The first kappa shape index (κ1) is 26.7. The van der Waals surface area contributed by atoms with Crippen LogP contribution in [0.4, 0.5) is 0 Å². The highest BCUT2D eigenvalue weighted by molar-refractivity contribution is 5.85. The standard InChI is InChI=1S/C27H39N3O3.ClH/c1-17(2)11-20-12-22(13-20)27-29-28-26(30(27)23-7-8-23)21(9-10-31)16-24(32)14-19-6-5-18(3)25(15-19)33-4;/h5-6,15,17,20-23,31H,7-14,16H2,1-4H3;1H/t20?,21-,22?;/m0./s1. The van der Waals surface area contributed by atoms with Gasteiger partial charge in [-0.1, -0.05) is 26.0 Å². The summed E-state index contributed by atoms with van der Waals surface area (Å²) < 4.78 is 7.76. The molecule has 0 radical (unpaired) electrons. The van der Waals surface area contributed by atoms with Crippen molar-refractivity contribution < 1.29 is 14.6 Å². The van der Waals surface area contributed by atoms with Gasteiger partial charge < -0.3 is 14.4 Å². The Morgan fingerprint density at radius 2 is 1.97 bits per heavy atom. The van der Waals surface area contributed by atoms with Crippen LogP contribution in [0.2, 0.25) is 0 Å². The number of hydrogen-bond acceptors (Lipinski definition) is 5. The molecule has 2 fully saturated rings. The van der Waals surface area contributed by atoms with Crippen molar-refractivity contribution in [3.8, 4) is 5.75 Å². The van der Waals surface area contributed by atoms with Crippen LogP contribution in [-0.2, 0) is 11.2 Å². The van der Waals surface area contributed by atoms with Crippen LogP contribution in [0.15, 0.2) is 18.2 Å². The fourth-order valence-electron chi connectivity index (χ4n) is 5.41. The molecule has 0 aliphatic heterocycles. The van der Waals surface area contributed by atoms with Crippen molar-refractivity contribution in [2.45, 2.75) is 90.0 Å². The first-order chi connectivity index (χ1) is 15.9. The van der Waals surface area contributed by atoms with Crippen LogP contribution < -0.4 is 4.74 Å². The van der Waals surface area contributed by atoms with Gasteiger partial charge in [0.05, 0.1) is 7.11 Å². The average molecular weight is 490 g/mol. The molecule has 4 rings (SSSR count). The first-order valence-electron chi connectivity index (χ1n) is 12.6. The van der Waals surface area contributed by atoms with E-state index in [9.17, 15) is 9.90 Å². The maximum atomic E-state index is 13.0. The van der Waals surface area contributed by atoms with Gasteiger partial charge in [-0.05, 0) is 74.5 Å². The number of ketones is 1. The van der Waals surface area contributed by atoms with Gasteiger partial charge >= 0.3 is 0 Å². The lowest BCUT2D eigenvalue weighted by Gasteiger charge is -2.36. The van der Waals surface area contributed by atoms with Gasteiger partial charge in [0.25, 0.3) is 0 Å². The Hall–Kier alpha value is -1.92. The Kier molecular flexibility index (Phi) is 9.16. The summed E-state index contributed by atoms with van der Waals surface area (Å²) in [7, 11) is 1.65. The number of ether oxygens (including phenoxy) is 1. The second-order valence-corrected chi connectivity index (χ2v) is 10.6. The third-order valence-corrected chi connectivity index (χ3v) is 7.26. The number of aliphatic hydroxyl groups is 1. The normalized spacial score (nSPS) is 20.5. The van der Waals surface area contributed by atoms with E-state index in [2.05, 4.69) is 28.6 Å². The van der Waals surface area contributed by atoms with E-state index in [4.69, 9.17) is 4.74 Å². The summed E-state index contributed by atoms with van der Waals surface area (Å²) in [6.07, 6.45) is 7.27. The van der Waals surface area contributed by atoms with Crippen molar-refractivity contribution in [3.63, 3.8) is 0 Å². The second kappa shape index (κ2) is 11.7. The molecule has 7 heteroatoms. The zero-order valence-electron chi connectivity index (χ0n) is 21.0. The summed E-state index contributed by atoms with van der Waals surface area (Å²) >= 11 is 0. The van der Waals surface area contributed by atoms with Crippen LogP contribution in [0.1, 0.15) is 99.4 Å². The summed E-state index contributed by atoms with van der Waals surface area (Å²) in [5.41, 5.74) is 2.02. The van der Waals surface area contributed by atoms with Gasteiger partial charge in [0, 0.05) is 37.3 Å². The molecule has 2 aliphatic carbocycles. The zero-order chi connectivity index (χ0) is 23.5. The summed E-state index contributed by atoms with van der Waals surface area (Å²) in [6, 6.07) is 6.40. The number of carbonyl (C=O) groups is 1. The fourth-order valence-corrected chi connectivity index (χ4v) is 5.41. The van der Waals surface area contributed by atoms with E-state index in [1.807, 2.05) is 25.1 Å². The largest absolute Gasteiger partial charge is 0.496 e. The van der Waals surface area contributed by atoms with E-state index in [0.717, 1.165) is 53.2 Å². The highest BCUT2D eigenvalue weighted by Gasteiger charge is 2.39. The van der Waals surface area contributed by atoms with Crippen molar-refractivity contribution in [3.05, 3.63) is 41.0 Å². The van der Waals surface area contributed by atoms with Gasteiger partial charge in [-0.15, -0.1) is 22.6 Å². The number of aryl methyl sites for hydroxylation is 1. The van der Waals surface area contributed by atoms with Gasteiger partial charge in [-0.2, -0.15) is 0 Å². The summed E-state index contributed by atoms with van der Waals surface area (Å²) in [6.45, 7) is 6.63. The van der Waals surface area contributed by atoms with Crippen LogP contribution >= 0.6 is 12.4 Å². The van der Waals surface area contributed by atoms with Crippen molar-refractivity contribution in [1.29, 1.82) is 0 Å². The minimum absolute atomic E-state index is 0. The van der Waals surface area contributed by atoms with E-state index in [1.165, 1.54) is 19.3 Å². The maximum Gasteiger partial charge on any atom is 0.137 e. The quantitative estimate of drug-likeness (QED) is 0.422. The van der Waals surface area contributed by atoms with E-state index in [0.29, 0.717) is 31.2 Å². The number of methoxy groups -OCH3 is 1. The number of halogens is 1. The van der Waals surface area contributed by atoms with Crippen LogP contribution in [0.3, 0.4) is 0 Å². The second-order valence-electron chi connectivity index (χ2n) is 10.6. The molecule has 0 spiro atoms. The molecule has 1 aromatic heterocycles. The molecule has 2 aliphatic rings. The van der Waals surface area contributed by atoms with Crippen LogP contribution in [0.5, 0.6) is 5.75 Å². The van der Waals surface area contributed by atoms with Crippen LogP contribution in [0.25, 0.3) is 0 Å². The number of aliphatic hydroxyl groups excluding tert-OH is 1. The number of carbonyl (C=O) groups excluding carboxylic acids is 1. The minimum Gasteiger partial charge on any atom is -0.496 e. The predicted octanol–water partition coefficient (Wildman–Crippen LogP) is 5.56. The third-order valence-electron chi connectivity index (χ3n) is 7.26. The van der Waals surface area contributed by atoms with Crippen LogP contribution in [-0.4, -0.2) is 39.4 Å². The Morgan fingerprint density at radius 1 is 1.24 bits per heavy atom. The number of benzene rings is 1. The van der Waals surface area contributed by atoms with E-state index in [-0.39, 0.29) is 30.7 Å². The Morgan fingerprint density at radius 3 is 2.59 bits per heavy atom. The molecule has 1 aromatic carbocycles. The number of aromatic nitrogens is 3. The molecule has 1 atom stereocenters. The lowest BCUT2D eigenvalue weighted by molar-refractivity contribution is -0.118. The molecular formula is C27H40ClN3O3. The molecule has 0 unspecified atom stereocenters. The van der Waals surface area contributed by atoms with Crippen molar-refractivity contribution in [2.75, 3.05) is 13.7 Å². The molecule has 188 valence electrons. The van der Waals surface area contributed by atoms with Crippen molar-refractivity contribution in [1.82, 2.24) is 14.8 Å². The number of rotatable bonds is 12. The molecule has 0 saturated heterocycles. The lowest BCUT2D eigenvalue weighted by Crippen LogP contribution is -2.26. The molecule has 0 bridgehead atoms. The lowest BCUT2D eigenvalue weighted by atomic mass is 9.71. The van der Waals surface area contributed by atoms with E-state index < -0.39 is 0 Å². The highest BCUT2D eigenvalue weighted by Crippen LogP contribution is 2.48. The molecule has 2 aromatic rings.